The summed E-state index contributed by atoms with van der Waals surface area (Å²) in [5.41, 5.74) is -0.0236. The Morgan fingerprint density at radius 3 is 2.53 bits per heavy atom. The number of carboxylic acid groups (broad SMARTS) is 1. The highest BCUT2D eigenvalue weighted by molar-refractivity contribution is 5.58. The van der Waals surface area contributed by atoms with Gasteiger partial charge in [-0.1, -0.05) is 30.3 Å². The molecule has 0 bridgehead atoms. The lowest BCUT2D eigenvalue weighted by Gasteiger charge is -2.28. The predicted molar refractivity (Wildman–Crippen MR) is 64.0 cm³/mol. The van der Waals surface area contributed by atoms with Crippen molar-refractivity contribution in [2.24, 2.45) is 0 Å². The van der Waals surface area contributed by atoms with Crippen LogP contribution in [0.3, 0.4) is 0 Å². The predicted octanol–water partition coefficient (Wildman–Crippen LogP) is 3.02. The fourth-order valence-electron chi connectivity index (χ4n) is 1.65. The van der Waals surface area contributed by atoms with Crippen LogP contribution in [0.2, 0.25) is 0 Å². The second-order valence-corrected chi connectivity index (χ2v) is 3.91. The van der Waals surface area contributed by atoms with Gasteiger partial charge in [-0.15, -0.1) is 0 Å². The van der Waals surface area contributed by atoms with Crippen molar-refractivity contribution in [3.63, 3.8) is 0 Å². The van der Waals surface area contributed by atoms with Crippen molar-refractivity contribution in [3.8, 4) is 0 Å². The maximum absolute atomic E-state index is 10.8. The van der Waals surface area contributed by atoms with E-state index in [2.05, 4.69) is 0 Å². The second kappa shape index (κ2) is 6.25. The molecule has 0 aliphatic heterocycles. The van der Waals surface area contributed by atoms with Crippen LogP contribution in [0.4, 0.5) is 4.79 Å². The molecule has 0 saturated carbocycles. The van der Waals surface area contributed by atoms with Crippen molar-refractivity contribution in [2.75, 3.05) is 13.2 Å². The van der Waals surface area contributed by atoms with E-state index in [0.29, 0.717) is 19.6 Å². The molecule has 1 N–H and O–H groups in total. The fraction of sp³-hybridized carbons (Fsp3) is 0.462. The van der Waals surface area contributed by atoms with Crippen molar-refractivity contribution < 1.29 is 19.4 Å². The molecule has 0 aromatic heterocycles. The summed E-state index contributed by atoms with van der Waals surface area (Å²) < 4.78 is 10.3. The summed E-state index contributed by atoms with van der Waals surface area (Å²) in [6.07, 6.45) is -0.773. The SMILES string of the molecule is CCOCCC(C)(OC(=O)O)c1ccccc1. The van der Waals surface area contributed by atoms with Crippen molar-refractivity contribution >= 4 is 6.16 Å². The van der Waals surface area contributed by atoms with E-state index in [4.69, 9.17) is 14.6 Å². The molecule has 0 fully saturated rings. The van der Waals surface area contributed by atoms with E-state index in [9.17, 15) is 4.79 Å². The fourth-order valence-corrected chi connectivity index (χ4v) is 1.65. The first-order chi connectivity index (χ1) is 8.08. The van der Waals surface area contributed by atoms with Crippen molar-refractivity contribution in [2.45, 2.75) is 25.9 Å². The Kier molecular flexibility index (Phi) is 4.97. The van der Waals surface area contributed by atoms with Gasteiger partial charge in [-0.3, -0.25) is 0 Å². The van der Waals surface area contributed by atoms with Crippen molar-refractivity contribution in [1.82, 2.24) is 0 Å². The number of ether oxygens (including phenoxy) is 2. The molecule has 4 heteroatoms. The maximum atomic E-state index is 10.8. The van der Waals surface area contributed by atoms with Crippen molar-refractivity contribution in [1.29, 1.82) is 0 Å². The third kappa shape index (κ3) is 4.07. The molecule has 0 spiro atoms. The van der Waals surface area contributed by atoms with Crippen LogP contribution in [0.5, 0.6) is 0 Å². The van der Waals surface area contributed by atoms with E-state index in [1.807, 2.05) is 37.3 Å². The van der Waals surface area contributed by atoms with Crippen LogP contribution in [-0.2, 0) is 15.1 Å². The number of benzene rings is 1. The van der Waals surface area contributed by atoms with Gasteiger partial charge in [0.2, 0.25) is 0 Å². The molecule has 0 amide bonds. The molecule has 0 radical (unpaired) electrons. The zero-order valence-corrected chi connectivity index (χ0v) is 10.2. The lowest BCUT2D eigenvalue weighted by molar-refractivity contribution is -0.0315. The quantitative estimate of drug-likeness (QED) is 0.611. The van der Waals surface area contributed by atoms with Crippen molar-refractivity contribution in [3.05, 3.63) is 35.9 Å². The average molecular weight is 238 g/mol. The molecule has 1 aromatic carbocycles. The first kappa shape index (κ1) is 13.5. The zero-order valence-electron chi connectivity index (χ0n) is 10.2. The molecule has 4 nitrogen and oxygen atoms in total. The van der Waals surface area contributed by atoms with E-state index in [-0.39, 0.29) is 0 Å². The summed E-state index contributed by atoms with van der Waals surface area (Å²) >= 11 is 0. The highest BCUT2D eigenvalue weighted by atomic mass is 16.7. The Morgan fingerprint density at radius 2 is 2.00 bits per heavy atom. The van der Waals surface area contributed by atoms with Gasteiger partial charge in [0.15, 0.2) is 0 Å². The summed E-state index contributed by atoms with van der Waals surface area (Å²) in [5.74, 6) is 0. The van der Waals surface area contributed by atoms with Gasteiger partial charge in [0.05, 0.1) is 6.61 Å². The Morgan fingerprint density at radius 1 is 1.35 bits per heavy atom. The monoisotopic (exact) mass is 238 g/mol. The largest absolute Gasteiger partial charge is 0.506 e. The van der Waals surface area contributed by atoms with Crippen LogP contribution < -0.4 is 0 Å². The molecule has 1 unspecified atom stereocenters. The Hall–Kier alpha value is -1.55. The Bertz CT molecular complexity index is 350. The Labute approximate surface area is 101 Å². The molecule has 0 aliphatic rings. The standard InChI is InChI=1S/C13H18O4/c1-3-16-10-9-13(2,17-12(14)15)11-7-5-4-6-8-11/h4-8H,3,9-10H2,1-2H3,(H,14,15). The average Bonchev–Trinajstić information content (AvgIpc) is 2.29. The van der Waals surface area contributed by atoms with Gasteiger partial charge in [0.1, 0.15) is 5.60 Å². The molecule has 17 heavy (non-hydrogen) atoms. The van der Waals surface area contributed by atoms with Gasteiger partial charge in [-0.25, -0.2) is 4.79 Å². The topological polar surface area (TPSA) is 55.8 Å². The molecule has 94 valence electrons. The Balaban J connectivity index is 2.81. The zero-order chi connectivity index (χ0) is 12.7. The van der Waals surface area contributed by atoms with Gasteiger partial charge in [0.25, 0.3) is 0 Å². The van der Waals surface area contributed by atoms with E-state index in [1.54, 1.807) is 6.92 Å². The van der Waals surface area contributed by atoms with Crippen LogP contribution in [0, 0.1) is 0 Å². The normalized spacial score (nSPS) is 14.0. The van der Waals surface area contributed by atoms with Gasteiger partial charge < -0.3 is 14.6 Å². The molecular formula is C13H18O4. The summed E-state index contributed by atoms with van der Waals surface area (Å²) in [4.78, 5) is 10.8. The molecule has 0 saturated heterocycles. The molecular weight excluding hydrogens is 220 g/mol. The minimum atomic E-state index is -1.27. The minimum absolute atomic E-state index is 0.467. The van der Waals surface area contributed by atoms with Gasteiger partial charge in [0, 0.05) is 13.0 Å². The van der Waals surface area contributed by atoms with Crippen LogP contribution in [0.1, 0.15) is 25.8 Å². The lowest BCUT2D eigenvalue weighted by Crippen LogP contribution is -2.30. The lowest BCUT2D eigenvalue weighted by atomic mass is 9.92. The number of rotatable bonds is 6. The van der Waals surface area contributed by atoms with E-state index in [0.717, 1.165) is 5.56 Å². The van der Waals surface area contributed by atoms with Gasteiger partial charge >= 0.3 is 6.16 Å². The molecule has 1 aromatic rings. The first-order valence-corrected chi connectivity index (χ1v) is 5.63. The van der Waals surface area contributed by atoms with Crippen LogP contribution in [0.15, 0.2) is 30.3 Å². The van der Waals surface area contributed by atoms with Crippen LogP contribution >= 0.6 is 0 Å². The molecule has 1 rings (SSSR count). The smallest absolute Gasteiger partial charge is 0.450 e. The minimum Gasteiger partial charge on any atom is -0.450 e. The van der Waals surface area contributed by atoms with Gasteiger partial charge in [-0.2, -0.15) is 0 Å². The summed E-state index contributed by atoms with van der Waals surface area (Å²) in [6.45, 7) is 4.74. The second-order valence-electron chi connectivity index (χ2n) is 3.91. The van der Waals surface area contributed by atoms with Gasteiger partial charge in [-0.05, 0) is 19.4 Å². The van der Waals surface area contributed by atoms with Crippen LogP contribution in [-0.4, -0.2) is 24.5 Å². The third-order valence-corrected chi connectivity index (χ3v) is 2.62. The third-order valence-electron chi connectivity index (χ3n) is 2.62. The number of hydrogen-bond acceptors (Lipinski definition) is 3. The molecule has 1 atom stereocenters. The molecule has 0 heterocycles. The maximum Gasteiger partial charge on any atom is 0.506 e. The summed E-state index contributed by atoms with van der Waals surface area (Å²) in [7, 11) is 0. The van der Waals surface area contributed by atoms with E-state index in [1.165, 1.54) is 0 Å². The van der Waals surface area contributed by atoms with E-state index < -0.39 is 11.8 Å². The highest BCUT2D eigenvalue weighted by Gasteiger charge is 2.30. The number of hydrogen-bond donors (Lipinski definition) is 1. The summed E-state index contributed by atoms with van der Waals surface area (Å²) in [5, 5.41) is 8.80. The highest BCUT2D eigenvalue weighted by Crippen LogP contribution is 2.29. The van der Waals surface area contributed by atoms with Crippen LogP contribution in [0.25, 0.3) is 0 Å². The van der Waals surface area contributed by atoms with E-state index >= 15 is 0 Å². The summed E-state index contributed by atoms with van der Waals surface area (Å²) in [6, 6.07) is 9.32. The molecule has 0 aliphatic carbocycles. The number of carbonyl (C=O) groups is 1. The first-order valence-electron chi connectivity index (χ1n) is 5.63.